The normalized spacial score (nSPS) is 11.0. The number of rotatable bonds is 4. The number of hydrogen-bond acceptors (Lipinski definition) is 3. The van der Waals surface area contributed by atoms with Gasteiger partial charge in [0.15, 0.2) is 0 Å². The number of esters is 1. The Labute approximate surface area is 105 Å². The third-order valence-corrected chi connectivity index (χ3v) is 4.11. The minimum absolute atomic E-state index is 0.194. The van der Waals surface area contributed by atoms with Crippen LogP contribution in [0.15, 0.2) is 12.3 Å². The van der Waals surface area contributed by atoms with Crippen molar-refractivity contribution in [3.05, 3.63) is 28.4 Å². The van der Waals surface area contributed by atoms with Crippen LogP contribution < -0.4 is 0 Å². The molecule has 3 nitrogen and oxygen atoms in total. The van der Waals surface area contributed by atoms with Gasteiger partial charge in [-0.1, -0.05) is 13.8 Å². The van der Waals surface area contributed by atoms with Crippen molar-refractivity contribution in [2.45, 2.75) is 33.6 Å². The molecule has 2 heterocycles. The van der Waals surface area contributed by atoms with E-state index in [9.17, 15) is 4.79 Å². The first-order valence-electron chi connectivity index (χ1n) is 6.01. The van der Waals surface area contributed by atoms with Crippen molar-refractivity contribution in [1.29, 1.82) is 0 Å². The standard InChI is InChI=1S/C13H17NO2S/c1-4-9-7-8-14-10(5-2)11(17-12(9)14)13(15)16-6-3/h7-8H,4-6H2,1-3H3. The predicted molar refractivity (Wildman–Crippen MR) is 70.0 cm³/mol. The molecule has 0 aromatic carbocycles. The Hall–Kier alpha value is -1.29. The molecule has 0 unspecified atom stereocenters. The summed E-state index contributed by atoms with van der Waals surface area (Å²) in [6.45, 7) is 6.46. The number of thiazole rings is 1. The van der Waals surface area contributed by atoms with E-state index < -0.39 is 0 Å². The van der Waals surface area contributed by atoms with Gasteiger partial charge in [-0.15, -0.1) is 11.3 Å². The summed E-state index contributed by atoms with van der Waals surface area (Å²) in [5, 5.41) is 0. The third-order valence-electron chi connectivity index (χ3n) is 2.85. The van der Waals surface area contributed by atoms with Crippen LogP contribution in [0.4, 0.5) is 0 Å². The van der Waals surface area contributed by atoms with E-state index in [-0.39, 0.29) is 5.97 Å². The fourth-order valence-electron chi connectivity index (χ4n) is 2.01. The van der Waals surface area contributed by atoms with Gasteiger partial charge in [0.25, 0.3) is 0 Å². The average molecular weight is 251 g/mol. The first-order chi connectivity index (χ1) is 8.22. The average Bonchev–Trinajstić information content (AvgIpc) is 2.86. The Bertz CT molecular complexity index is 539. The number of fused-ring (bicyclic) bond motifs is 1. The highest BCUT2D eigenvalue weighted by atomic mass is 32.1. The molecule has 4 heteroatoms. The van der Waals surface area contributed by atoms with E-state index in [1.807, 2.05) is 13.1 Å². The number of aromatic nitrogens is 1. The fraction of sp³-hybridized carbons (Fsp3) is 0.462. The Morgan fingerprint density at radius 1 is 1.35 bits per heavy atom. The quantitative estimate of drug-likeness (QED) is 0.781. The molecule has 0 aliphatic carbocycles. The molecule has 92 valence electrons. The van der Waals surface area contributed by atoms with Crippen LogP contribution in [0.2, 0.25) is 0 Å². The maximum atomic E-state index is 11.9. The molecule has 0 amide bonds. The summed E-state index contributed by atoms with van der Waals surface area (Å²) >= 11 is 1.54. The van der Waals surface area contributed by atoms with Crippen LogP contribution in [0.3, 0.4) is 0 Å². The van der Waals surface area contributed by atoms with Gasteiger partial charge in [0.05, 0.1) is 6.61 Å². The Morgan fingerprint density at radius 2 is 2.12 bits per heavy atom. The van der Waals surface area contributed by atoms with E-state index in [1.165, 1.54) is 10.4 Å². The van der Waals surface area contributed by atoms with E-state index in [0.29, 0.717) is 6.61 Å². The van der Waals surface area contributed by atoms with Gasteiger partial charge in [0.2, 0.25) is 0 Å². The lowest BCUT2D eigenvalue weighted by molar-refractivity contribution is 0.0530. The van der Waals surface area contributed by atoms with Gasteiger partial charge < -0.3 is 9.14 Å². The molecule has 2 aromatic rings. The SMILES string of the molecule is CCOC(=O)c1sc2c(CC)ccn2c1CC. The first kappa shape index (κ1) is 12.2. The lowest BCUT2D eigenvalue weighted by Gasteiger charge is -2.01. The Kier molecular flexibility index (Phi) is 3.52. The zero-order chi connectivity index (χ0) is 12.4. The van der Waals surface area contributed by atoms with Crippen LogP contribution in [-0.2, 0) is 17.6 Å². The number of nitrogens with zero attached hydrogens (tertiary/aromatic N) is 1. The molecular weight excluding hydrogens is 234 g/mol. The number of aryl methyl sites for hydroxylation is 2. The molecule has 0 N–H and O–H groups in total. The highest BCUT2D eigenvalue weighted by Crippen LogP contribution is 2.28. The smallest absolute Gasteiger partial charge is 0.350 e. The minimum atomic E-state index is -0.194. The molecular formula is C13H17NO2S. The van der Waals surface area contributed by atoms with Crippen LogP contribution >= 0.6 is 11.3 Å². The molecule has 2 aromatic heterocycles. The summed E-state index contributed by atoms with van der Waals surface area (Å²) < 4.78 is 7.22. The number of hydrogen-bond donors (Lipinski definition) is 0. The van der Waals surface area contributed by atoms with E-state index in [0.717, 1.165) is 23.4 Å². The van der Waals surface area contributed by atoms with Gasteiger partial charge in [-0.05, 0) is 31.4 Å². The molecule has 2 rings (SSSR count). The minimum Gasteiger partial charge on any atom is -0.462 e. The van der Waals surface area contributed by atoms with E-state index >= 15 is 0 Å². The maximum Gasteiger partial charge on any atom is 0.350 e. The number of carbonyl (C=O) groups excluding carboxylic acids is 1. The molecule has 0 aliphatic heterocycles. The van der Waals surface area contributed by atoms with Crippen LogP contribution in [0.25, 0.3) is 4.83 Å². The summed E-state index contributed by atoms with van der Waals surface area (Å²) in [4.78, 5) is 13.8. The lowest BCUT2D eigenvalue weighted by Crippen LogP contribution is -2.06. The second-order valence-corrected chi connectivity index (χ2v) is 4.82. The van der Waals surface area contributed by atoms with Crippen LogP contribution in [-0.4, -0.2) is 17.0 Å². The predicted octanol–water partition coefficient (Wildman–Crippen LogP) is 3.30. The van der Waals surface area contributed by atoms with Crippen molar-refractivity contribution in [2.75, 3.05) is 6.61 Å². The zero-order valence-electron chi connectivity index (χ0n) is 10.4. The lowest BCUT2D eigenvalue weighted by atomic mass is 10.3. The largest absolute Gasteiger partial charge is 0.462 e. The molecule has 0 bridgehead atoms. The highest BCUT2D eigenvalue weighted by molar-refractivity contribution is 7.19. The topological polar surface area (TPSA) is 30.7 Å². The Balaban J connectivity index is 2.55. The van der Waals surface area contributed by atoms with Crippen molar-refractivity contribution in [1.82, 2.24) is 4.40 Å². The fourth-order valence-corrected chi connectivity index (χ4v) is 3.32. The summed E-state index contributed by atoms with van der Waals surface area (Å²) in [5.41, 5.74) is 2.35. The van der Waals surface area contributed by atoms with Crippen molar-refractivity contribution in [3.8, 4) is 0 Å². The summed E-state index contributed by atoms with van der Waals surface area (Å²) in [5.74, 6) is -0.194. The number of ether oxygens (including phenoxy) is 1. The van der Waals surface area contributed by atoms with Gasteiger partial charge in [0, 0.05) is 11.9 Å². The highest BCUT2D eigenvalue weighted by Gasteiger charge is 2.19. The van der Waals surface area contributed by atoms with Crippen molar-refractivity contribution in [2.24, 2.45) is 0 Å². The monoisotopic (exact) mass is 251 g/mol. The summed E-state index contributed by atoms with van der Waals surface area (Å²) in [6.07, 6.45) is 3.88. The first-order valence-corrected chi connectivity index (χ1v) is 6.83. The third kappa shape index (κ3) is 1.97. The second kappa shape index (κ2) is 4.92. The molecule has 0 radical (unpaired) electrons. The van der Waals surface area contributed by atoms with Crippen LogP contribution in [0.5, 0.6) is 0 Å². The van der Waals surface area contributed by atoms with E-state index in [2.05, 4.69) is 24.3 Å². The molecule has 0 atom stereocenters. The molecule has 0 aliphatic rings. The van der Waals surface area contributed by atoms with Crippen molar-refractivity contribution in [3.63, 3.8) is 0 Å². The van der Waals surface area contributed by atoms with Crippen LogP contribution in [0, 0.1) is 0 Å². The van der Waals surface area contributed by atoms with Gasteiger partial charge in [-0.2, -0.15) is 0 Å². The van der Waals surface area contributed by atoms with E-state index in [4.69, 9.17) is 4.74 Å². The summed E-state index contributed by atoms with van der Waals surface area (Å²) in [6, 6.07) is 2.12. The van der Waals surface area contributed by atoms with Gasteiger partial charge in [-0.3, -0.25) is 0 Å². The van der Waals surface area contributed by atoms with Gasteiger partial charge in [-0.25, -0.2) is 4.79 Å². The van der Waals surface area contributed by atoms with E-state index in [1.54, 1.807) is 11.3 Å². The maximum absolute atomic E-state index is 11.9. The molecule has 0 fully saturated rings. The number of carbonyl (C=O) groups is 1. The van der Waals surface area contributed by atoms with Crippen molar-refractivity contribution < 1.29 is 9.53 Å². The summed E-state index contributed by atoms with van der Waals surface area (Å²) in [7, 11) is 0. The van der Waals surface area contributed by atoms with Gasteiger partial charge >= 0.3 is 5.97 Å². The molecule has 17 heavy (non-hydrogen) atoms. The zero-order valence-corrected chi connectivity index (χ0v) is 11.3. The molecule has 0 saturated heterocycles. The Morgan fingerprint density at radius 3 is 2.71 bits per heavy atom. The van der Waals surface area contributed by atoms with Crippen molar-refractivity contribution >= 4 is 22.1 Å². The molecule has 0 spiro atoms. The van der Waals surface area contributed by atoms with Crippen LogP contribution in [0.1, 0.15) is 41.7 Å². The second-order valence-electron chi connectivity index (χ2n) is 3.82. The molecule has 0 saturated carbocycles. The van der Waals surface area contributed by atoms with Gasteiger partial charge in [0.1, 0.15) is 9.71 Å².